The molecule has 1 N–H and O–H groups in total. The lowest BCUT2D eigenvalue weighted by molar-refractivity contribution is 0.0957. The highest BCUT2D eigenvalue weighted by Gasteiger charge is 2.22. The molecule has 0 spiro atoms. The largest absolute Gasteiger partial charge is 0.396 e. The molecule has 2 fully saturated rings. The van der Waals surface area contributed by atoms with Gasteiger partial charge in [0.05, 0.1) is 25.5 Å². The van der Waals surface area contributed by atoms with Gasteiger partial charge in [0, 0.05) is 37.6 Å². The second-order valence-corrected chi connectivity index (χ2v) is 6.41. The molecule has 0 unspecified atom stereocenters. The van der Waals surface area contributed by atoms with Crippen LogP contribution in [0.3, 0.4) is 0 Å². The Morgan fingerprint density at radius 3 is 2.95 bits per heavy atom. The summed E-state index contributed by atoms with van der Waals surface area (Å²) in [5.41, 5.74) is 1.13. The lowest BCUT2D eigenvalue weighted by Gasteiger charge is -2.20. The van der Waals surface area contributed by atoms with E-state index in [1.54, 1.807) is 0 Å². The van der Waals surface area contributed by atoms with Crippen LogP contribution in [0, 0.1) is 5.92 Å². The van der Waals surface area contributed by atoms with Crippen molar-refractivity contribution in [1.29, 1.82) is 0 Å². The van der Waals surface area contributed by atoms with Crippen molar-refractivity contribution in [2.75, 3.05) is 32.9 Å². The van der Waals surface area contributed by atoms with Gasteiger partial charge in [0.1, 0.15) is 0 Å². The van der Waals surface area contributed by atoms with Crippen molar-refractivity contribution in [3.05, 3.63) is 17.5 Å². The highest BCUT2D eigenvalue weighted by Crippen LogP contribution is 2.32. The normalized spacial score (nSPS) is 25.9. The fourth-order valence-corrected chi connectivity index (χ4v) is 3.42. The van der Waals surface area contributed by atoms with Gasteiger partial charge >= 0.3 is 0 Å². The third kappa shape index (κ3) is 4.05. The van der Waals surface area contributed by atoms with Crippen LogP contribution >= 0.6 is 0 Å². The van der Waals surface area contributed by atoms with Crippen molar-refractivity contribution in [3.8, 4) is 0 Å². The molecule has 2 aliphatic rings. The second-order valence-electron chi connectivity index (χ2n) is 6.41. The molecule has 1 aliphatic heterocycles. The van der Waals surface area contributed by atoms with Crippen molar-refractivity contribution in [1.82, 2.24) is 10.1 Å². The Balaban J connectivity index is 1.58. The van der Waals surface area contributed by atoms with Gasteiger partial charge in [0.2, 0.25) is 0 Å². The Kier molecular flexibility index (Phi) is 5.27. The van der Waals surface area contributed by atoms with Crippen molar-refractivity contribution in [2.45, 2.75) is 44.6 Å². The van der Waals surface area contributed by atoms with E-state index in [2.05, 4.69) is 16.1 Å². The van der Waals surface area contributed by atoms with E-state index in [4.69, 9.17) is 9.26 Å². The maximum atomic E-state index is 9.33. The number of nitrogens with zero attached hydrogens (tertiary/aromatic N) is 2. The second kappa shape index (κ2) is 7.38. The number of aliphatic hydroxyl groups excluding tert-OH is 1. The average Bonchev–Trinajstić information content (AvgIpc) is 2.87. The van der Waals surface area contributed by atoms with Crippen LogP contribution in [0.5, 0.6) is 0 Å². The minimum absolute atomic E-state index is 0.181. The van der Waals surface area contributed by atoms with Crippen LogP contribution in [-0.2, 0) is 11.3 Å². The molecule has 2 heterocycles. The molecule has 21 heavy (non-hydrogen) atoms. The van der Waals surface area contributed by atoms with Crippen molar-refractivity contribution < 1.29 is 14.4 Å². The Morgan fingerprint density at radius 1 is 1.29 bits per heavy atom. The van der Waals surface area contributed by atoms with E-state index in [-0.39, 0.29) is 12.5 Å². The van der Waals surface area contributed by atoms with Crippen molar-refractivity contribution in [3.63, 3.8) is 0 Å². The van der Waals surface area contributed by atoms with Crippen molar-refractivity contribution in [2.24, 2.45) is 5.92 Å². The minimum Gasteiger partial charge on any atom is -0.396 e. The zero-order valence-corrected chi connectivity index (χ0v) is 12.7. The third-order valence-corrected chi connectivity index (χ3v) is 4.66. The van der Waals surface area contributed by atoms with Gasteiger partial charge in [-0.2, -0.15) is 0 Å². The van der Waals surface area contributed by atoms with Gasteiger partial charge in [-0.15, -0.1) is 0 Å². The first-order valence-electron chi connectivity index (χ1n) is 8.21. The summed E-state index contributed by atoms with van der Waals surface area (Å²) in [5.74, 6) is 1.73. The molecule has 0 radical (unpaired) electrons. The van der Waals surface area contributed by atoms with Crippen LogP contribution in [0.1, 0.15) is 49.5 Å². The molecule has 5 nitrogen and oxygen atoms in total. The predicted octanol–water partition coefficient (Wildman–Crippen LogP) is 2.16. The Labute approximate surface area is 126 Å². The van der Waals surface area contributed by atoms with E-state index in [9.17, 15) is 5.11 Å². The summed E-state index contributed by atoms with van der Waals surface area (Å²) in [5, 5.41) is 13.6. The summed E-state index contributed by atoms with van der Waals surface area (Å²) in [4.78, 5) is 2.29. The van der Waals surface area contributed by atoms with Gasteiger partial charge < -0.3 is 14.4 Å². The number of aliphatic hydroxyl groups is 1. The molecule has 1 aromatic rings. The summed E-state index contributed by atoms with van der Waals surface area (Å²) in [7, 11) is 0. The maximum Gasteiger partial charge on any atom is 0.150 e. The molecular weight excluding hydrogens is 268 g/mol. The number of hydrogen-bond donors (Lipinski definition) is 1. The number of hydrogen-bond acceptors (Lipinski definition) is 5. The first-order valence-corrected chi connectivity index (χ1v) is 8.21. The van der Waals surface area contributed by atoms with Crippen LogP contribution < -0.4 is 0 Å². The summed E-state index contributed by atoms with van der Waals surface area (Å²) in [6, 6.07) is 2.13. The highest BCUT2D eigenvalue weighted by molar-refractivity contribution is 5.11. The fraction of sp³-hybridized carbons (Fsp3) is 0.812. The molecule has 1 atom stereocenters. The fourth-order valence-electron chi connectivity index (χ4n) is 3.42. The smallest absolute Gasteiger partial charge is 0.150 e. The van der Waals surface area contributed by atoms with Gasteiger partial charge in [0.25, 0.3) is 0 Å². The van der Waals surface area contributed by atoms with Crippen molar-refractivity contribution >= 4 is 0 Å². The molecule has 1 aliphatic carbocycles. The lowest BCUT2D eigenvalue weighted by Crippen LogP contribution is -2.30. The lowest BCUT2D eigenvalue weighted by atomic mass is 9.87. The van der Waals surface area contributed by atoms with E-state index < -0.39 is 0 Å². The SMILES string of the molecule is OC[C@H]1COCCN(Cc2cc(C3CCCCC3)no2)C1. The first kappa shape index (κ1) is 15.0. The molecule has 1 aromatic heterocycles. The third-order valence-electron chi connectivity index (χ3n) is 4.66. The molecule has 3 rings (SSSR count). The Morgan fingerprint density at radius 2 is 2.14 bits per heavy atom. The van der Waals surface area contributed by atoms with Crippen LogP contribution in [0.2, 0.25) is 0 Å². The summed E-state index contributed by atoms with van der Waals surface area (Å²) >= 11 is 0. The zero-order valence-electron chi connectivity index (χ0n) is 12.7. The van der Waals surface area contributed by atoms with Crippen LogP contribution in [0.15, 0.2) is 10.6 Å². The number of rotatable bonds is 4. The van der Waals surface area contributed by atoms with E-state index in [1.807, 2.05) is 0 Å². The monoisotopic (exact) mass is 294 g/mol. The average molecular weight is 294 g/mol. The molecule has 1 saturated carbocycles. The predicted molar refractivity (Wildman–Crippen MR) is 79.0 cm³/mol. The van der Waals surface area contributed by atoms with E-state index >= 15 is 0 Å². The van der Waals surface area contributed by atoms with Gasteiger partial charge in [-0.3, -0.25) is 4.90 Å². The maximum absolute atomic E-state index is 9.33. The molecule has 5 heteroatoms. The quantitative estimate of drug-likeness (QED) is 0.922. The van der Waals surface area contributed by atoms with Crippen LogP contribution in [0.4, 0.5) is 0 Å². The first-order chi connectivity index (χ1) is 10.3. The zero-order chi connectivity index (χ0) is 14.5. The molecule has 0 bridgehead atoms. The van der Waals surface area contributed by atoms with Gasteiger partial charge in [-0.1, -0.05) is 24.4 Å². The number of ether oxygens (including phenoxy) is 1. The van der Waals surface area contributed by atoms with Gasteiger partial charge in [0.15, 0.2) is 5.76 Å². The topological polar surface area (TPSA) is 58.7 Å². The summed E-state index contributed by atoms with van der Waals surface area (Å²) in [6.45, 7) is 4.06. The molecule has 118 valence electrons. The van der Waals surface area contributed by atoms with E-state index in [1.165, 1.54) is 32.1 Å². The Hall–Kier alpha value is -0.910. The van der Waals surface area contributed by atoms with Crippen LogP contribution in [0.25, 0.3) is 0 Å². The molecule has 0 aromatic carbocycles. The van der Waals surface area contributed by atoms with Gasteiger partial charge in [-0.05, 0) is 12.8 Å². The summed E-state index contributed by atoms with van der Waals surface area (Å²) in [6.07, 6.45) is 6.48. The van der Waals surface area contributed by atoms with E-state index in [0.717, 1.165) is 37.7 Å². The number of aromatic nitrogens is 1. The minimum atomic E-state index is 0.181. The molecule has 1 saturated heterocycles. The highest BCUT2D eigenvalue weighted by atomic mass is 16.5. The standard InChI is InChI=1S/C16H26N2O3/c19-11-13-9-18(6-7-20-12-13)10-15-8-16(17-21-15)14-4-2-1-3-5-14/h8,13-14,19H,1-7,9-12H2/t13-/m0/s1. The molecule has 0 amide bonds. The Bertz CT molecular complexity index is 429. The molecular formula is C16H26N2O3. The van der Waals surface area contributed by atoms with Gasteiger partial charge in [-0.25, -0.2) is 0 Å². The van der Waals surface area contributed by atoms with Crippen LogP contribution in [-0.4, -0.2) is 48.1 Å². The summed E-state index contributed by atoms with van der Waals surface area (Å²) < 4.78 is 11.1. The van der Waals surface area contributed by atoms with E-state index in [0.29, 0.717) is 12.5 Å².